The number of anilines is 1. The van der Waals surface area contributed by atoms with Crippen molar-refractivity contribution in [2.45, 2.75) is 144 Å². The largest absolute Gasteiger partial charge is 0.479 e. The quantitative estimate of drug-likeness (QED) is 0.147. The van der Waals surface area contributed by atoms with Crippen molar-refractivity contribution < 1.29 is 32.7 Å². The molecule has 52 heavy (non-hydrogen) atoms. The van der Waals surface area contributed by atoms with Gasteiger partial charge in [-0.05, 0) is 92.7 Å². The van der Waals surface area contributed by atoms with Gasteiger partial charge in [0.2, 0.25) is 0 Å². The molecule has 1 aromatic rings. The molecule has 1 aromatic carbocycles. The first-order valence-corrected chi connectivity index (χ1v) is 25.3. The van der Waals surface area contributed by atoms with E-state index >= 15 is 0 Å². The Labute approximate surface area is 318 Å². The first-order chi connectivity index (χ1) is 24.2. The van der Waals surface area contributed by atoms with Crippen LogP contribution in [0.4, 0.5) is 5.69 Å². The molecule has 0 bridgehead atoms. The minimum atomic E-state index is -1.62. The molecule has 1 fully saturated rings. The lowest BCUT2D eigenvalue weighted by Gasteiger charge is -2.54. The summed E-state index contributed by atoms with van der Waals surface area (Å²) in [6.45, 7) is 26.2. The lowest BCUT2D eigenvalue weighted by Crippen LogP contribution is -2.58. The summed E-state index contributed by atoms with van der Waals surface area (Å²) in [5.41, 5.74) is 1.41. The second-order valence-corrected chi connectivity index (χ2v) is 23.1. The smallest absolute Gasteiger partial charge is 0.347 e. The van der Waals surface area contributed by atoms with E-state index in [1.165, 1.54) is 5.57 Å². The molecule has 292 valence electrons. The monoisotopic (exact) mass is 755 g/mol. The van der Waals surface area contributed by atoms with Crippen molar-refractivity contribution in [2.24, 2.45) is 34.5 Å². The number of allylic oxidation sites excluding steroid dienone is 2. The van der Waals surface area contributed by atoms with Gasteiger partial charge in [-0.15, -0.1) is 0 Å². The maximum atomic E-state index is 14.2. The van der Waals surface area contributed by atoms with Gasteiger partial charge in [-0.1, -0.05) is 79.7 Å². The number of hydrogen-bond acceptors (Lipinski definition) is 8. The van der Waals surface area contributed by atoms with Crippen LogP contribution in [0.1, 0.15) is 87.5 Å². The summed E-state index contributed by atoms with van der Waals surface area (Å²) in [7, 11) is 0.887. The van der Waals surface area contributed by atoms with E-state index in [0.717, 1.165) is 12.1 Å². The van der Waals surface area contributed by atoms with Crippen molar-refractivity contribution in [3.8, 4) is 5.75 Å². The lowest BCUT2D eigenvalue weighted by molar-refractivity contribution is -0.180. The predicted octanol–water partition coefficient (Wildman–Crippen LogP) is 8.50. The summed E-state index contributed by atoms with van der Waals surface area (Å²) in [6.07, 6.45) is 8.30. The van der Waals surface area contributed by atoms with Gasteiger partial charge in [0.15, 0.2) is 24.2 Å². The molecule has 0 spiro atoms. The summed E-state index contributed by atoms with van der Waals surface area (Å²) in [6, 6.07) is 7.80. The maximum absolute atomic E-state index is 14.2. The van der Waals surface area contributed by atoms with Gasteiger partial charge < -0.3 is 28.0 Å². The molecule has 1 aliphatic heterocycles. The number of cyclic esters (lactones) is 1. The third kappa shape index (κ3) is 10.0. The fourth-order valence-corrected chi connectivity index (χ4v) is 10.7. The van der Waals surface area contributed by atoms with Crippen LogP contribution in [-0.4, -0.2) is 74.1 Å². The Kier molecular flexibility index (Phi) is 13.8. The molecule has 2 aliphatic carbocycles. The highest BCUT2D eigenvalue weighted by atomic mass is 28.3. The third-order valence-corrected chi connectivity index (χ3v) is 13.1. The number of hydrogen-bond donors (Lipinski definition) is 0. The highest BCUT2D eigenvalue weighted by Gasteiger charge is 2.55. The van der Waals surface area contributed by atoms with E-state index in [4.69, 9.17) is 23.1 Å². The minimum Gasteiger partial charge on any atom is -0.479 e. The second-order valence-electron chi connectivity index (χ2n) is 18.4. The van der Waals surface area contributed by atoms with Crippen molar-refractivity contribution in [1.29, 1.82) is 0 Å². The molecule has 3 aliphatic rings. The molecule has 0 saturated carbocycles. The van der Waals surface area contributed by atoms with Gasteiger partial charge in [0.05, 0.1) is 5.60 Å². The summed E-state index contributed by atoms with van der Waals surface area (Å²) >= 11 is 0. The Morgan fingerprint density at radius 1 is 1.04 bits per heavy atom. The van der Waals surface area contributed by atoms with Crippen LogP contribution in [-0.2, 0) is 27.9 Å². The van der Waals surface area contributed by atoms with Gasteiger partial charge >= 0.3 is 11.9 Å². The second kappa shape index (κ2) is 16.9. The molecule has 10 heteroatoms. The number of carbonyl (C=O) groups is 2. The molecule has 1 heterocycles. The SMILES string of the molecule is CCC(Oc1cccc(N(C)C)c1)C(=O)O[C@H]1C[C@H](C(C)(C)C)C=C2C=C[C@H](C)[C@](CC[C@@H]3C[C@H](C(C)(C)C)C(O[SiH](C)C)C(=O)O3)(O[SiH](C)C)[C@H]21. The summed E-state index contributed by atoms with van der Waals surface area (Å²) < 4.78 is 32.7. The fourth-order valence-electron chi connectivity index (χ4n) is 8.43. The van der Waals surface area contributed by atoms with E-state index in [1.807, 2.05) is 50.2 Å². The van der Waals surface area contributed by atoms with Crippen LogP contribution in [0.3, 0.4) is 0 Å². The highest BCUT2D eigenvalue weighted by molar-refractivity contribution is 6.49. The minimum absolute atomic E-state index is 0.0289. The van der Waals surface area contributed by atoms with Crippen molar-refractivity contribution in [3.63, 3.8) is 0 Å². The Morgan fingerprint density at radius 2 is 1.73 bits per heavy atom. The Hall–Kier alpha value is -2.41. The molecule has 0 N–H and O–H groups in total. The number of esters is 2. The van der Waals surface area contributed by atoms with E-state index in [-0.39, 0.29) is 52.5 Å². The molecular formula is C42H69NO7Si2. The maximum Gasteiger partial charge on any atom is 0.347 e. The van der Waals surface area contributed by atoms with Gasteiger partial charge in [0.25, 0.3) is 0 Å². The first kappa shape index (κ1) is 42.3. The lowest BCUT2D eigenvalue weighted by atomic mass is 9.59. The average molecular weight is 756 g/mol. The van der Waals surface area contributed by atoms with Crippen LogP contribution in [0.2, 0.25) is 26.2 Å². The average Bonchev–Trinajstić information content (AvgIpc) is 3.03. The van der Waals surface area contributed by atoms with E-state index in [2.05, 4.69) is 92.9 Å². The zero-order valence-electron chi connectivity index (χ0n) is 34.7. The van der Waals surface area contributed by atoms with E-state index in [0.29, 0.717) is 31.4 Å². The fraction of sp³-hybridized carbons (Fsp3) is 0.714. The first-order valence-electron chi connectivity index (χ1n) is 19.7. The van der Waals surface area contributed by atoms with E-state index in [1.54, 1.807) is 0 Å². The summed E-state index contributed by atoms with van der Waals surface area (Å²) in [5.74, 6) is 0.220. The van der Waals surface area contributed by atoms with Crippen LogP contribution < -0.4 is 9.64 Å². The number of rotatable bonds is 13. The standard InChI is InChI=1S/C42H69NO7Si2/c1-15-34(46-31-18-16-17-30(25-31)43(9)10)38(44)48-35-24-29(40(3,4)5)23-28-20-19-27(2)42(36(28)35,50-52(13)14)22-21-32-26-33(41(6,7)8)37(39(45)47-32)49-51(11)12/h16-20,23,25,27,29,32-37,51-52H,15,21-22,24,26H2,1-14H3/t27-,29+,32+,33-,34?,35-,36+,37?,42-/m0/s1. The number of carbonyl (C=O) groups excluding carboxylic acids is 2. The number of nitrogens with zero attached hydrogens (tertiary/aromatic N) is 1. The van der Waals surface area contributed by atoms with Crippen molar-refractivity contribution in [3.05, 3.63) is 48.1 Å². The molecule has 0 aromatic heterocycles. The van der Waals surface area contributed by atoms with Crippen molar-refractivity contribution in [2.75, 3.05) is 19.0 Å². The predicted molar refractivity (Wildman–Crippen MR) is 216 cm³/mol. The van der Waals surface area contributed by atoms with Gasteiger partial charge in [0.1, 0.15) is 24.1 Å². The number of benzene rings is 1. The van der Waals surface area contributed by atoms with Gasteiger partial charge in [-0.2, -0.15) is 0 Å². The summed E-state index contributed by atoms with van der Waals surface area (Å²) in [4.78, 5) is 29.7. The molecule has 0 amide bonds. The molecule has 2 unspecified atom stereocenters. The number of fused-ring (bicyclic) bond motifs is 1. The van der Waals surface area contributed by atoms with Crippen LogP contribution in [0.25, 0.3) is 0 Å². The Morgan fingerprint density at radius 3 is 2.31 bits per heavy atom. The van der Waals surface area contributed by atoms with E-state index in [9.17, 15) is 9.59 Å². The third-order valence-electron chi connectivity index (χ3n) is 11.4. The van der Waals surface area contributed by atoms with E-state index < -0.39 is 42.0 Å². The normalized spacial score (nSPS) is 30.0. The van der Waals surface area contributed by atoms with Crippen LogP contribution in [0.15, 0.2) is 48.1 Å². The van der Waals surface area contributed by atoms with Crippen LogP contribution in [0.5, 0.6) is 5.75 Å². The molecule has 9 atom stereocenters. The molecule has 8 nitrogen and oxygen atoms in total. The van der Waals surface area contributed by atoms with Crippen LogP contribution in [0, 0.1) is 34.5 Å². The van der Waals surface area contributed by atoms with Gasteiger partial charge in [0, 0.05) is 43.6 Å². The topological polar surface area (TPSA) is 83.5 Å². The zero-order chi connectivity index (χ0) is 38.8. The Bertz CT molecular complexity index is 1440. The van der Waals surface area contributed by atoms with Gasteiger partial charge in [-0.25, -0.2) is 9.59 Å². The van der Waals surface area contributed by atoms with Crippen molar-refractivity contribution in [1.82, 2.24) is 0 Å². The molecule has 1 saturated heterocycles. The summed E-state index contributed by atoms with van der Waals surface area (Å²) in [5, 5.41) is 0. The molecular weight excluding hydrogens is 687 g/mol. The Balaban J connectivity index is 1.69. The molecule has 4 rings (SSSR count). The highest BCUT2D eigenvalue weighted by Crippen LogP contribution is 2.53. The number of ether oxygens (including phenoxy) is 3. The van der Waals surface area contributed by atoms with Gasteiger partial charge in [-0.3, -0.25) is 0 Å². The zero-order valence-corrected chi connectivity index (χ0v) is 37.0. The van der Waals surface area contributed by atoms with Crippen LogP contribution >= 0.6 is 0 Å². The molecule has 0 radical (unpaired) electrons. The van der Waals surface area contributed by atoms with Crippen molar-refractivity contribution >= 4 is 35.7 Å².